The number of fused-ring (bicyclic) bond motifs is 1. The van der Waals surface area contributed by atoms with E-state index in [1.54, 1.807) is 19.2 Å². The molecule has 7 heteroatoms. The number of aromatic nitrogens is 4. The fourth-order valence-corrected chi connectivity index (χ4v) is 3.28. The fourth-order valence-electron chi connectivity index (χ4n) is 3.28. The van der Waals surface area contributed by atoms with Gasteiger partial charge in [-0.05, 0) is 54.8 Å². The smallest absolute Gasteiger partial charge is 0.145 e. The van der Waals surface area contributed by atoms with Crippen LogP contribution < -0.4 is 10.1 Å². The highest BCUT2D eigenvalue weighted by atomic mass is 19.1. The lowest BCUT2D eigenvalue weighted by atomic mass is 10.0. The molecule has 0 saturated carbocycles. The van der Waals surface area contributed by atoms with E-state index in [1.165, 1.54) is 18.5 Å². The van der Waals surface area contributed by atoms with Crippen LogP contribution in [-0.2, 0) is 6.42 Å². The summed E-state index contributed by atoms with van der Waals surface area (Å²) in [5.41, 5.74) is 4.48. The van der Waals surface area contributed by atoms with Gasteiger partial charge in [0.15, 0.2) is 0 Å². The summed E-state index contributed by atoms with van der Waals surface area (Å²) in [5.74, 6) is 1.05. The summed E-state index contributed by atoms with van der Waals surface area (Å²) in [4.78, 5) is 8.85. The van der Waals surface area contributed by atoms with Gasteiger partial charge in [-0.25, -0.2) is 14.4 Å². The van der Waals surface area contributed by atoms with Crippen LogP contribution in [-0.4, -0.2) is 27.3 Å². The lowest BCUT2D eigenvalue weighted by Crippen LogP contribution is -2.09. The van der Waals surface area contributed by atoms with Crippen molar-refractivity contribution in [3.8, 4) is 16.9 Å². The maximum atomic E-state index is 13.3. The quantitative estimate of drug-likeness (QED) is 0.489. The second kappa shape index (κ2) is 7.87. The minimum atomic E-state index is -0.272. The Morgan fingerprint density at radius 1 is 1.10 bits per heavy atom. The van der Waals surface area contributed by atoms with Crippen molar-refractivity contribution in [1.82, 2.24) is 20.2 Å². The predicted octanol–water partition coefficient (Wildman–Crippen LogP) is 4.90. The Labute approximate surface area is 168 Å². The summed E-state index contributed by atoms with van der Waals surface area (Å²) in [7, 11) is 1.61. The lowest BCUT2D eigenvalue weighted by molar-refractivity contribution is 0.419. The van der Waals surface area contributed by atoms with Crippen LogP contribution in [0.5, 0.6) is 5.75 Å². The van der Waals surface area contributed by atoms with Crippen LogP contribution in [0.3, 0.4) is 0 Å². The van der Waals surface area contributed by atoms with Crippen molar-refractivity contribution in [2.75, 3.05) is 12.4 Å². The Morgan fingerprint density at radius 2 is 1.90 bits per heavy atom. The number of aromatic amines is 1. The molecule has 0 spiro atoms. The molecule has 1 unspecified atom stereocenters. The first kappa shape index (κ1) is 18.9. The number of H-pyrrole nitrogens is 1. The van der Waals surface area contributed by atoms with Crippen molar-refractivity contribution >= 4 is 16.7 Å². The number of hydrogen-bond donors (Lipinski definition) is 2. The molecule has 4 aromatic rings. The van der Waals surface area contributed by atoms with Crippen LogP contribution in [0.15, 0.2) is 48.8 Å². The molecular weight excluding hydrogens is 369 g/mol. The van der Waals surface area contributed by atoms with Gasteiger partial charge in [0.2, 0.25) is 0 Å². The van der Waals surface area contributed by atoms with Crippen LogP contribution in [0.25, 0.3) is 22.0 Å². The van der Waals surface area contributed by atoms with Crippen LogP contribution in [0.2, 0.25) is 0 Å². The van der Waals surface area contributed by atoms with Crippen molar-refractivity contribution in [3.63, 3.8) is 0 Å². The Bertz CT molecular complexity index is 1140. The first-order valence-electron chi connectivity index (χ1n) is 9.48. The standard InChI is InChI=1S/C22H22FN5O/c1-4-17-11-19(28-27-17)13(2)26-22-18-9-15(14-5-7-16(23)8-6-14)10-20(29-3)21(18)24-12-25-22/h5-13H,4H2,1-3H3,(H,27,28)(H,24,25,26). The zero-order chi connectivity index (χ0) is 20.4. The third-order valence-electron chi connectivity index (χ3n) is 4.93. The molecule has 148 valence electrons. The second-order valence-corrected chi connectivity index (χ2v) is 6.84. The van der Waals surface area contributed by atoms with E-state index in [2.05, 4.69) is 32.4 Å². The minimum Gasteiger partial charge on any atom is -0.494 e. The molecule has 0 aliphatic rings. The highest BCUT2D eigenvalue weighted by molar-refractivity contribution is 5.96. The largest absolute Gasteiger partial charge is 0.494 e. The molecule has 0 radical (unpaired) electrons. The van der Waals surface area contributed by atoms with E-state index in [0.717, 1.165) is 34.3 Å². The first-order chi connectivity index (χ1) is 14.1. The molecule has 0 bridgehead atoms. The normalized spacial score (nSPS) is 12.1. The summed E-state index contributed by atoms with van der Waals surface area (Å²) in [6.45, 7) is 4.11. The molecule has 6 nitrogen and oxygen atoms in total. The number of benzene rings is 2. The van der Waals surface area contributed by atoms with Crippen molar-refractivity contribution in [3.05, 3.63) is 66.0 Å². The number of hydrogen-bond acceptors (Lipinski definition) is 5. The summed E-state index contributed by atoms with van der Waals surface area (Å²) in [5, 5.41) is 11.7. The van der Waals surface area contributed by atoms with Gasteiger partial charge in [-0.3, -0.25) is 5.10 Å². The Hall–Kier alpha value is -3.48. The van der Waals surface area contributed by atoms with Gasteiger partial charge in [-0.15, -0.1) is 0 Å². The monoisotopic (exact) mass is 391 g/mol. The predicted molar refractivity (Wildman–Crippen MR) is 111 cm³/mol. The molecule has 0 saturated heterocycles. The van der Waals surface area contributed by atoms with E-state index >= 15 is 0 Å². The van der Waals surface area contributed by atoms with Crippen LogP contribution in [0.1, 0.15) is 31.3 Å². The first-order valence-corrected chi connectivity index (χ1v) is 9.48. The van der Waals surface area contributed by atoms with Gasteiger partial charge in [0.1, 0.15) is 29.2 Å². The SMILES string of the molecule is CCc1cc(C(C)Nc2ncnc3c(OC)cc(-c4ccc(F)cc4)cc23)n[nH]1. The van der Waals surface area contributed by atoms with Gasteiger partial charge in [0.05, 0.1) is 18.8 Å². The van der Waals surface area contributed by atoms with E-state index in [4.69, 9.17) is 4.74 Å². The van der Waals surface area contributed by atoms with E-state index in [9.17, 15) is 4.39 Å². The van der Waals surface area contributed by atoms with E-state index in [-0.39, 0.29) is 11.9 Å². The molecule has 0 aliphatic carbocycles. The molecule has 2 aromatic heterocycles. The molecule has 0 aliphatic heterocycles. The topological polar surface area (TPSA) is 75.7 Å². The molecule has 4 rings (SSSR count). The number of anilines is 1. The average Bonchev–Trinajstić information content (AvgIpc) is 3.23. The summed E-state index contributed by atoms with van der Waals surface area (Å²) in [6.07, 6.45) is 2.41. The molecule has 0 amide bonds. The molecule has 2 heterocycles. The van der Waals surface area contributed by atoms with E-state index < -0.39 is 0 Å². The van der Waals surface area contributed by atoms with E-state index in [0.29, 0.717) is 17.1 Å². The number of rotatable bonds is 6. The van der Waals surface area contributed by atoms with E-state index in [1.807, 2.05) is 25.1 Å². The number of ether oxygens (including phenoxy) is 1. The number of methoxy groups -OCH3 is 1. The maximum absolute atomic E-state index is 13.3. The minimum absolute atomic E-state index is 0.0508. The maximum Gasteiger partial charge on any atom is 0.145 e. The summed E-state index contributed by atoms with van der Waals surface area (Å²) >= 11 is 0. The summed E-state index contributed by atoms with van der Waals surface area (Å²) < 4.78 is 18.9. The van der Waals surface area contributed by atoms with Crippen molar-refractivity contribution < 1.29 is 9.13 Å². The number of halogens is 1. The van der Waals surface area contributed by atoms with Gasteiger partial charge in [-0.1, -0.05) is 19.1 Å². The highest BCUT2D eigenvalue weighted by Crippen LogP contribution is 2.35. The van der Waals surface area contributed by atoms with Crippen molar-refractivity contribution in [1.29, 1.82) is 0 Å². The summed E-state index contributed by atoms with van der Waals surface area (Å²) in [6, 6.07) is 12.3. The van der Waals surface area contributed by atoms with Crippen molar-refractivity contribution in [2.24, 2.45) is 0 Å². The van der Waals surface area contributed by atoms with Gasteiger partial charge in [0, 0.05) is 11.1 Å². The number of aryl methyl sites for hydroxylation is 1. The van der Waals surface area contributed by atoms with Gasteiger partial charge in [-0.2, -0.15) is 5.10 Å². The lowest BCUT2D eigenvalue weighted by Gasteiger charge is -2.16. The van der Waals surface area contributed by atoms with Crippen LogP contribution in [0.4, 0.5) is 10.2 Å². The van der Waals surface area contributed by atoms with Crippen molar-refractivity contribution in [2.45, 2.75) is 26.3 Å². The third kappa shape index (κ3) is 3.76. The molecular formula is C22H22FN5O. The molecule has 1 atom stereocenters. The number of nitrogens with one attached hydrogen (secondary N) is 2. The zero-order valence-electron chi connectivity index (χ0n) is 16.5. The Kier molecular flexibility index (Phi) is 5.12. The van der Waals surface area contributed by atoms with Crippen LogP contribution >= 0.6 is 0 Å². The molecule has 2 N–H and O–H groups in total. The average molecular weight is 391 g/mol. The Balaban J connectivity index is 1.77. The highest BCUT2D eigenvalue weighted by Gasteiger charge is 2.15. The van der Waals surface area contributed by atoms with Gasteiger partial charge < -0.3 is 10.1 Å². The Morgan fingerprint density at radius 3 is 2.59 bits per heavy atom. The molecule has 0 fully saturated rings. The third-order valence-corrected chi connectivity index (χ3v) is 4.93. The number of nitrogens with zero attached hydrogens (tertiary/aromatic N) is 3. The van der Waals surface area contributed by atoms with Crippen LogP contribution in [0, 0.1) is 5.82 Å². The fraction of sp³-hybridized carbons (Fsp3) is 0.227. The zero-order valence-corrected chi connectivity index (χ0v) is 16.5. The molecule has 2 aromatic carbocycles. The van der Waals surface area contributed by atoms with Gasteiger partial charge in [0.25, 0.3) is 0 Å². The van der Waals surface area contributed by atoms with Gasteiger partial charge >= 0.3 is 0 Å². The second-order valence-electron chi connectivity index (χ2n) is 6.84. The molecule has 29 heavy (non-hydrogen) atoms.